The van der Waals surface area contributed by atoms with E-state index >= 15 is 0 Å². The molecule has 3 aromatic heterocycles. The molecule has 1 atom stereocenters. The van der Waals surface area contributed by atoms with Gasteiger partial charge < -0.3 is 11.1 Å². The lowest BCUT2D eigenvalue weighted by Crippen LogP contribution is -2.42. The quantitative estimate of drug-likeness (QED) is 0.405. The molecule has 7 nitrogen and oxygen atoms in total. The number of nitrogens with two attached hydrogens (primary N) is 1. The van der Waals surface area contributed by atoms with Crippen LogP contribution in [0.1, 0.15) is 41.4 Å². The van der Waals surface area contributed by atoms with Crippen molar-refractivity contribution in [2.45, 2.75) is 33.4 Å². The molecule has 0 aliphatic heterocycles. The number of nitrogens with zero attached hydrogens (tertiary/aromatic N) is 3. The van der Waals surface area contributed by atoms with Crippen LogP contribution in [0, 0.1) is 6.92 Å². The molecule has 0 spiro atoms. The Kier molecular flexibility index (Phi) is 4.95. The number of hydrogen-bond acceptors (Lipinski definition) is 4. The molecular formula is C23H24N5O2+. The van der Waals surface area contributed by atoms with Crippen molar-refractivity contribution >= 4 is 28.4 Å². The summed E-state index contributed by atoms with van der Waals surface area (Å²) >= 11 is 0. The van der Waals surface area contributed by atoms with Gasteiger partial charge in [0.25, 0.3) is 17.1 Å². The van der Waals surface area contributed by atoms with Gasteiger partial charge in [0.15, 0.2) is 0 Å². The average Bonchev–Trinajstić information content (AvgIpc) is 2.75. The third kappa shape index (κ3) is 3.18. The fourth-order valence-electron chi connectivity index (χ4n) is 3.71. The normalized spacial score (nSPS) is 12.2. The maximum absolute atomic E-state index is 13.2. The van der Waals surface area contributed by atoms with Gasteiger partial charge in [-0.1, -0.05) is 41.4 Å². The van der Waals surface area contributed by atoms with E-state index in [1.54, 1.807) is 22.9 Å². The lowest BCUT2D eigenvalue weighted by Gasteiger charge is -2.16. The summed E-state index contributed by atoms with van der Waals surface area (Å²) < 4.78 is 3.22. The van der Waals surface area contributed by atoms with E-state index in [0.29, 0.717) is 23.2 Å². The first-order valence-electron chi connectivity index (χ1n) is 9.92. The van der Waals surface area contributed by atoms with Crippen molar-refractivity contribution < 1.29 is 9.36 Å². The highest BCUT2D eigenvalue weighted by Gasteiger charge is 2.24. The van der Waals surface area contributed by atoms with E-state index < -0.39 is 0 Å². The van der Waals surface area contributed by atoms with E-state index in [1.807, 2.05) is 57.2 Å². The van der Waals surface area contributed by atoms with E-state index in [4.69, 9.17) is 10.7 Å². The second kappa shape index (κ2) is 7.59. The Labute approximate surface area is 173 Å². The van der Waals surface area contributed by atoms with Gasteiger partial charge in [0.2, 0.25) is 11.5 Å². The van der Waals surface area contributed by atoms with Gasteiger partial charge in [-0.3, -0.25) is 14.0 Å². The molecule has 0 saturated heterocycles. The highest BCUT2D eigenvalue weighted by atomic mass is 16.2. The SMILES string of the molecule is CC[n+]1c(N)c(C(=O)N[C@@H](C)c2ccccc2)cc2c(=O)n3cccc(C)c3nc21. The third-order valence-corrected chi connectivity index (χ3v) is 5.38. The zero-order valence-corrected chi connectivity index (χ0v) is 17.2. The third-order valence-electron chi connectivity index (χ3n) is 5.38. The number of nitrogens with one attached hydrogen (secondary N) is 1. The van der Waals surface area contributed by atoms with Crippen LogP contribution in [0.3, 0.4) is 0 Å². The first kappa shape index (κ1) is 19.6. The van der Waals surface area contributed by atoms with Gasteiger partial charge >= 0.3 is 0 Å². The van der Waals surface area contributed by atoms with Crippen molar-refractivity contribution in [3.63, 3.8) is 0 Å². The predicted octanol–water partition coefficient (Wildman–Crippen LogP) is 2.54. The molecule has 152 valence electrons. The molecule has 0 fully saturated rings. The summed E-state index contributed by atoms with van der Waals surface area (Å²) in [5.41, 5.74) is 9.31. The summed E-state index contributed by atoms with van der Waals surface area (Å²) in [5.74, 6) is -0.0470. The summed E-state index contributed by atoms with van der Waals surface area (Å²) in [6.07, 6.45) is 1.68. The van der Waals surface area contributed by atoms with Crippen LogP contribution in [0.5, 0.6) is 0 Å². The molecule has 0 bridgehead atoms. The van der Waals surface area contributed by atoms with Gasteiger partial charge in [-0.05, 0) is 38.5 Å². The Bertz CT molecular complexity index is 1330. The lowest BCUT2D eigenvalue weighted by molar-refractivity contribution is -0.655. The van der Waals surface area contributed by atoms with Crippen LogP contribution in [-0.2, 0) is 6.54 Å². The van der Waals surface area contributed by atoms with Gasteiger partial charge in [-0.15, -0.1) is 0 Å². The second-order valence-corrected chi connectivity index (χ2v) is 7.33. The van der Waals surface area contributed by atoms with E-state index in [0.717, 1.165) is 11.1 Å². The van der Waals surface area contributed by atoms with E-state index in [9.17, 15) is 9.59 Å². The van der Waals surface area contributed by atoms with Crippen LogP contribution >= 0.6 is 0 Å². The lowest BCUT2D eigenvalue weighted by atomic mass is 10.1. The summed E-state index contributed by atoms with van der Waals surface area (Å²) in [6, 6.07) is 14.7. The number of amides is 1. The summed E-state index contributed by atoms with van der Waals surface area (Å²) in [6.45, 7) is 6.20. The maximum atomic E-state index is 13.2. The van der Waals surface area contributed by atoms with Gasteiger partial charge in [-0.25, -0.2) is 4.57 Å². The van der Waals surface area contributed by atoms with Crippen LogP contribution in [0.4, 0.5) is 5.82 Å². The monoisotopic (exact) mass is 402 g/mol. The number of fused-ring (bicyclic) bond motifs is 2. The number of benzene rings is 1. The van der Waals surface area contributed by atoms with Crippen molar-refractivity contribution in [1.82, 2.24) is 14.7 Å². The number of anilines is 1. The Morgan fingerprint density at radius 3 is 2.67 bits per heavy atom. The molecule has 4 aromatic rings. The minimum atomic E-state index is -0.332. The predicted molar refractivity (Wildman–Crippen MR) is 116 cm³/mol. The van der Waals surface area contributed by atoms with E-state index in [2.05, 4.69) is 5.32 Å². The average molecular weight is 402 g/mol. The number of aryl methyl sites for hydroxylation is 2. The topological polar surface area (TPSA) is 93.4 Å². The van der Waals surface area contributed by atoms with Crippen molar-refractivity contribution in [2.24, 2.45) is 0 Å². The number of rotatable bonds is 4. The number of nitrogen functional groups attached to an aromatic ring is 1. The van der Waals surface area contributed by atoms with E-state index in [1.165, 1.54) is 4.40 Å². The highest BCUT2D eigenvalue weighted by Crippen LogP contribution is 2.18. The number of pyridine rings is 2. The fraction of sp³-hybridized carbons (Fsp3) is 0.217. The zero-order valence-electron chi connectivity index (χ0n) is 17.2. The Morgan fingerprint density at radius 1 is 1.23 bits per heavy atom. The van der Waals surface area contributed by atoms with Crippen molar-refractivity contribution in [1.29, 1.82) is 0 Å². The van der Waals surface area contributed by atoms with Crippen LogP contribution in [0.25, 0.3) is 16.7 Å². The molecule has 0 saturated carbocycles. The molecule has 30 heavy (non-hydrogen) atoms. The molecule has 4 rings (SSSR count). The summed E-state index contributed by atoms with van der Waals surface area (Å²) in [7, 11) is 0. The molecule has 0 unspecified atom stereocenters. The maximum Gasteiger partial charge on any atom is 0.278 e. The number of carbonyl (C=O) groups is 1. The van der Waals surface area contributed by atoms with Gasteiger partial charge in [0.05, 0.1) is 12.6 Å². The smallest absolute Gasteiger partial charge is 0.278 e. The molecule has 3 N–H and O–H groups in total. The van der Waals surface area contributed by atoms with Gasteiger partial charge in [0.1, 0.15) is 10.9 Å². The Morgan fingerprint density at radius 2 is 1.97 bits per heavy atom. The first-order valence-corrected chi connectivity index (χ1v) is 9.92. The van der Waals surface area contributed by atoms with Crippen LogP contribution in [-0.4, -0.2) is 15.3 Å². The second-order valence-electron chi connectivity index (χ2n) is 7.33. The minimum Gasteiger partial charge on any atom is -0.345 e. The number of hydrogen-bond donors (Lipinski definition) is 2. The number of carbonyl (C=O) groups excluding carboxylic acids is 1. The zero-order chi connectivity index (χ0) is 21.4. The molecular weight excluding hydrogens is 378 g/mol. The molecule has 0 aliphatic rings. The van der Waals surface area contributed by atoms with Gasteiger partial charge in [-0.2, -0.15) is 0 Å². The van der Waals surface area contributed by atoms with Crippen molar-refractivity contribution in [3.05, 3.63) is 81.8 Å². The minimum absolute atomic E-state index is 0.206. The summed E-state index contributed by atoms with van der Waals surface area (Å²) in [4.78, 5) is 30.9. The molecule has 0 radical (unpaired) electrons. The standard InChI is InChI=1S/C23H23N5O2/c1-4-27-19(24)17(22(29)25-15(3)16-10-6-5-7-11-16)13-18-21(27)26-20-14(2)9-8-12-28(20)23(18)30/h5-13,15,24H,4H2,1-3H3,(H,25,29)/p+1/t15-/m0/s1. The molecule has 1 aromatic carbocycles. The summed E-state index contributed by atoms with van der Waals surface area (Å²) in [5, 5.41) is 3.33. The highest BCUT2D eigenvalue weighted by molar-refractivity contribution is 6.00. The van der Waals surface area contributed by atoms with Crippen LogP contribution in [0.2, 0.25) is 0 Å². The van der Waals surface area contributed by atoms with Crippen molar-refractivity contribution in [3.8, 4) is 0 Å². The molecule has 7 heteroatoms. The number of aromatic nitrogens is 3. The fourth-order valence-corrected chi connectivity index (χ4v) is 3.71. The van der Waals surface area contributed by atoms with Gasteiger partial charge in [0, 0.05) is 11.8 Å². The van der Waals surface area contributed by atoms with Crippen molar-refractivity contribution in [2.75, 3.05) is 5.73 Å². The molecule has 1 amide bonds. The molecule has 3 heterocycles. The van der Waals surface area contributed by atoms with Crippen LogP contribution in [0.15, 0.2) is 59.5 Å². The van der Waals surface area contributed by atoms with E-state index in [-0.39, 0.29) is 28.9 Å². The Balaban J connectivity index is 1.88. The first-order chi connectivity index (χ1) is 14.4. The largest absolute Gasteiger partial charge is 0.345 e. The Hall–Kier alpha value is -3.74. The van der Waals surface area contributed by atoms with Crippen LogP contribution < -0.4 is 21.2 Å². The molecule has 0 aliphatic carbocycles.